The molecule has 0 aromatic heterocycles. The van der Waals surface area contributed by atoms with Crippen molar-refractivity contribution in [3.8, 4) is 5.75 Å². The molecule has 4 heteroatoms. The molecule has 33 heavy (non-hydrogen) atoms. The van der Waals surface area contributed by atoms with E-state index in [4.69, 9.17) is 14.5 Å². The number of benzene rings is 2. The smallest absolute Gasteiger partial charge is 0.188 e. The quantitative estimate of drug-likeness (QED) is 0.216. The van der Waals surface area contributed by atoms with Gasteiger partial charge in [0.15, 0.2) is 6.79 Å². The maximum absolute atomic E-state index is 6.32. The Kier molecular flexibility index (Phi) is 9.31. The van der Waals surface area contributed by atoms with Crippen LogP contribution in [0.4, 0.5) is 0 Å². The van der Waals surface area contributed by atoms with Crippen molar-refractivity contribution < 1.29 is 9.47 Å². The van der Waals surface area contributed by atoms with Crippen molar-refractivity contribution in [2.75, 3.05) is 13.9 Å². The van der Waals surface area contributed by atoms with E-state index in [1.165, 1.54) is 27.6 Å². The first-order chi connectivity index (χ1) is 15.4. The zero-order chi connectivity index (χ0) is 24.9. The SMILES string of the molecule is CCC(CC)(Pc1ccccc1C=NC(C)(C)C)c1cc(C)cc(C(C)(C)C)c1OCOC. The monoisotopic (exact) mass is 469 g/mol. The predicted molar refractivity (Wildman–Crippen MR) is 146 cm³/mol. The summed E-state index contributed by atoms with van der Waals surface area (Å²) in [6.45, 7) is 20.2. The Labute approximate surface area is 204 Å². The Morgan fingerprint density at radius 3 is 2.09 bits per heavy atom. The number of rotatable bonds is 9. The Morgan fingerprint density at radius 1 is 0.939 bits per heavy atom. The molecule has 0 spiro atoms. The van der Waals surface area contributed by atoms with Crippen LogP contribution in [0.1, 0.15) is 90.5 Å². The second-order valence-corrected chi connectivity index (χ2v) is 12.7. The van der Waals surface area contributed by atoms with Crippen molar-refractivity contribution in [1.82, 2.24) is 0 Å². The van der Waals surface area contributed by atoms with Gasteiger partial charge in [0.1, 0.15) is 5.75 Å². The van der Waals surface area contributed by atoms with Gasteiger partial charge in [-0.2, -0.15) is 0 Å². The molecule has 0 aliphatic heterocycles. The molecule has 0 amide bonds. The van der Waals surface area contributed by atoms with Gasteiger partial charge < -0.3 is 9.47 Å². The van der Waals surface area contributed by atoms with Gasteiger partial charge in [-0.25, -0.2) is 0 Å². The lowest BCUT2D eigenvalue weighted by Gasteiger charge is -2.37. The molecule has 0 saturated heterocycles. The molecule has 0 saturated carbocycles. The van der Waals surface area contributed by atoms with Crippen LogP contribution in [0.15, 0.2) is 41.4 Å². The van der Waals surface area contributed by atoms with Crippen LogP contribution in [0.3, 0.4) is 0 Å². The molecule has 0 aliphatic carbocycles. The first kappa shape index (κ1) is 27.5. The van der Waals surface area contributed by atoms with E-state index in [1.54, 1.807) is 7.11 Å². The van der Waals surface area contributed by atoms with E-state index in [-0.39, 0.29) is 22.9 Å². The number of aryl methyl sites for hydroxylation is 1. The minimum atomic E-state index is -0.0951. The minimum Gasteiger partial charge on any atom is -0.467 e. The van der Waals surface area contributed by atoms with Gasteiger partial charge in [0.25, 0.3) is 0 Å². The van der Waals surface area contributed by atoms with Gasteiger partial charge >= 0.3 is 0 Å². The molecule has 0 fully saturated rings. The summed E-state index contributed by atoms with van der Waals surface area (Å²) in [6.07, 6.45) is 4.11. The van der Waals surface area contributed by atoms with Crippen LogP contribution in [0.2, 0.25) is 0 Å². The van der Waals surface area contributed by atoms with Crippen LogP contribution < -0.4 is 10.0 Å². The topological polar surface area (TPSA) is 30.8 Å². The van der Waals surface area contributed by atoms with Crippen molar-refractivity contribution >= 4 is 20.1 Å². The van der Waals surface area contributed by atoms with E-state index in [0.717, 1.165) is 18.6 Å². The summed E-state index contributed by atoms with van der Waals surface area (Å²) in [5, 5.41) is 1.33. The summed E-state index contributed by atoms with van der Waals surface area (Å²) in [4.78, 5) is 4.80. The van der Waals surface area contributed by atoms with E-state index in [0.29, 0.717) is 8.58 Å². The summed E-state index contributed by atoms with van der Waals surface area (Å²) in [7, 11) is 2.29. The number of hydrogen-bond donors (Lipinski definition) is 0. The summed E-state index contributed by atoms with van der Waals surface area (Å²) < 4.78 is 11.7. The average Bonchev–Trinajstić information content (AvgIpc) is 2.74. The third-order valence-electron chi connectivity index (χ3n) is 6.01. The highest BCUT2D eigenvalue weighted by molar-refractivity contribution is 7.48. The summed E-state index contributed by atoms with van der Waals surface area (Å²) in [5.74, 6) is 0.993. The molecular formula is C29H44NO2P. The molecule has 0 heterocycles. The second kappa shape index (κ2) is 11.2. The van der Waals surface area contributed by atoms with Crippen LogP contribution in [0.25, 0.3) is 0 Å². The van der Waals surface area contributed by atoms with E-state index in [1.807, 2.05) is 0 Å². The standard InChI is InChI=1S/C29H44NO2P/c1-11-29(12-2,33-25-16-14-13-15-22(25)19-30-28(7,8)9)24-18-21(3)17-23(27(4,5)6)26(24)32-20-31-10/h13-19,33H,11-12,20H2,1-10H3. The van der Waals surface area contributed by atoms with E-state index < -0.39 is 0 Å². The molecular weight excluding hydrogens is 425 g/mol. The molecule has 3 nitrogen and oxygen atoms in total. The zero-order valence-corrected chi connectivity index (χ0v) is 23.4. The summed E-state index contributed by atoms with van der Waals surface area (Å²) >= 11 is 0. The molecule has 182 valence electrons. The maximum atomic E-state index is 6.32. The Hall–Kier alpha value is -1.70. The number of hydrogen-bond acceptors (Lipinski definition) is 3. The maximum Gasteiger partial charge on any atom is 0.188 e. The minimum absolute atomic E-state index is 0.0270. The first-order valence-corrected chi connectivity index (χ1v) is 13.1. The zero-order valence-electron chi connectivity index (χ0n) is 22.4. The molecule has 0 radical (unpaired) electrons. The van der Waals surface area contributed by atoms with E-state index >= 15 is 0 Å². The number of aliphatic imine (C=N–C) groups is 1. The number of methoxy groups -OCH3 is 1. The van der Waals surface area contributed by atoms with Gasteiger partial charge in [0.2, 0.25) is 0 Å². The van der Waals surface area contributed by atoms with Crippen molar-refractivity contribution in [3.63, 3.8) is 0 Å². The fourth-order valence-electron chi connectivity index (χ4n) is 4.08. The van der Waals surface area contributed by atoms with Crippen molar-refractivity contribution in [3.05, 3.63) is 58.7 Å². The highest BCUT2D eigenvalue weighted by Crippen LogP contribution is 2.52. The third-order valence-corrected chi connectivity index (χ3v) is 8.19. The summed E-state index contributed by atoms with van der Waals surface area (Å²) in [6, 6.07) is 13.3. The lowest BCUT2D eigenvalue weighted by Crippen LogP contribution is -2.26. The average molecular weight is 470 g/mol. The molecule has 0 bridgehead atoms. The largest absolute Gasteiger partial charge is 0.467 e. The van der Waals surface area contributed by atoms with Crippen LogP contribution in [-0.4, -0.2) is 25.7 Å². The normalized spacial score (nSPS) is 13.4. The predicted octanol–water partition coefficient (Wildman–Crippen LogP) is 7.51. The lowest BCUT2D eigenvalue weighted by molar-refractivity contribution is 0.0485. The summed E-state index contributed by atoms with van der Waals surface area (Å²) in [5.41, 5.74) is 4.90. The Bertz CT molecular complexity index is 947. The molecule has 1 unspecified atom stereocenters. The van der Waals surface area contributed by atoms with Gasteiger partial charge in [-0.05, 0) is 56.8 Å². The van der Waals surface area contributed by atoms with Crippen LogP contribution in [-0.2, 0) is 15.3 Å². The Balaban J connectivity index is 2.70. The highest BCUT2D eigenvalue weighted by atomic mass is 31.1. The molecule has 1 atom stereocenters. The van der Waals surface area contributed by atoms with Gasteiger partial charge in [-0.3, -0.25) is 4.99 Å². The molecule has 2 aromatic carbocycles. The van der Waals surface area contributed by atoms with Crippen molar-refractivity contribution in [1.29, 1.82) is 0 Å². The van der Waals surface area contributed by atoms with Gasteiger partial charge in [-0.15, -0.1) is 0 Å². The molecule has 0 aliphatic rings. The Morgan fingerprint density at radius 2 is 1.55 bits per heavy atom. The van der Waals surface area contributed by atoms with Crippen molar-refractivity contribution in [2.45, 2.75) is 91.3 Å². The van der Waals surface area contributed by atoms with Crippen LogP contribution in [0, 0.1) is 6.92 Å². The second-order valence-electron chi connectivity index (χ2n) is 10.9. The van der Waals surface area contributed by atoms with Gasteiger partial charge in [0.05, 0.1) is 5.54 Å². The number of nitrogens with zero attached hydrogens (tertiary/aromatic N) is 1. The van der Waals surface area contributed by atoms with Crippen molar-refractivity contribution in [2.24, 2.45) is 4.99 Å². The fraction of sp³-hybridized carbons (Fsp3) is 0.552. The molecule has 0 N–H and O–H groups in total. The van der Waals surface area contributed by atoms with Crippen LogP contribution in [0.5, 0.6) is 5.75 Å². The van der Waals surface area contributed by atoms with E-state index in [9.17, 15) is 0 Å². The first-order valence-electron chi connectivity index (χ1n) is 12.1. The van der Waals surface area contributed by atoms with E-state index in [2.05, 4.69) is 105 Å². The van der Waals surface area contributed by atoms with Crippen LogP contribution >= 0.6 is 8.58 Å². The highest BCUT2D eigenvalue weighted by Gasteiger charge is 2.35. The van der Waals surface area contributed by atoms with Gasteiger partial charge in [0, 0.05) is 29.6 Å². The fourth-order valence-corrected chi connectivity index (χ4v) is 5.74. The lowest BCUT2D eigenvalue weighted by atomic mass is 9.80. The molecule has 2 rings (SSSR count). The third kappa shape index (κ3) is 7.14. The molecule has 2 aromatic rings. The number of ether oxygens (including phenoxy) is 2. The van der Waals surface area contributed by atoms with Gasteiger partial charge in [-0.1, -0.05) is 85.2 Å².